The molecule has 0 aliphatic rings. The summed E-state index contributed by atoms with van der Waals surface area (Å²) in [5.74, 6) is -0.775. The van der Waals surface area contributed by atoms with E-state index in [0.29, 0.717) is 5.75 Å². The molecule has 3 aromatic rings. The summed E-state index contributed by atoms with van der Waals surface area (Å²) in [5.41, 5.74) is 0.440. The van der Waals surface area contributed by atoms with E-state index in [0.717, 1.165) is 0 Å². The van der Waals surface area contributed by atoms with Crippen molar-refractivity contribution >= 4 is 11.9 Å². The Morgan fingerprint density at radius 3 is 2.67 bits per heavy atom. The number of aromatic nitrogens is 3. The lowest BCUT2D eigenvalue weighted by Gasteiger charge is -2.09. The highest BCUT2D eigenvalue weighted by atomic mass is 19.1. The van der Waals surface area contributed by atoms with Gasteiger partial charge in [-0.2, -0.15) is 10.1 Å². The second kappa shape index (κ2) is 6.86. The van der Waals surface area contributed by atoms with Crippen LogP contribution in [0.25, 0.3) is 0 Å². The van der Waals surface area contributed by atoms with Crippen LogP contribution in [-0.4, -0.2) is 21.1 Å². The first kappa shape index (κ1) is 15.6. The van der Waals surface area contributed by atoms with Gasteiger partial charge in [-0.05, 0) is 42.5 Å². The van der Waals surface area contributed by atoms with Gasteiger partial charge in [-0.15, -0.1) is 0 Å². The van der Waals surface area contributed by atoms with Crippen molar-refractivity contribution in [2.75, 3.05) is 5.32 Å². The predicted molar refractivity (Wildman–Crippen MR) is 81.5 cm³/mol. The number of halogens is 2. The van der Waals surface area contributed by atoms with Crippen LogP contribution in [0.2, 0.25) is 0 Å². The molecule has 0 saturated carbocycles. The molecule has 0 fully saturated rings. The lowest BCUT2D eigenvalue weighted by Crippen LogP contribution is -2.14. The fourth-order valence-corrected chi connectivity index (χ4v) is 1.96. The van der Waals surface area contributed by atoms with Crippen LogP contribution in [0.3, 0.4) is 0 Å². The van der Waals surface area contributed by atoms with Crippen LogP contribution in [0.5, 0.6) is 5.75 Å². The molecule has 1 amide bonds. The number of anilines is 1. The molecular formula is C16H12F2N4O2. The molecule has 0 unspecified atom stereocenters. The van der Waals surface area contributed by atoms with Crippen molar-refractivity contribution in [1.29, 1.82) is 0 Å². The maximum absolute atomic E-state index is 13.9. The molecule has 1 heterocycles. The largest absolute Gasteiger partial charge is 0.489 e. The van der Waals surface area contributed by atoms with Crippen molar-refractivity contribution in [2.45, 2.75) is 6.61 Å². The van der Waals surface area contributed by atoms with Crippen LogP contribution in [0, 0.1) is 11.6 Å². The van der Waals surface area contributed by atoms with E-state index in [4.69, 9.17) is 4.74 Å². The molecule has 0 atom stereocenters. The van der Waals surface area contributed by atoms with Crippen LogP contribution in [-0.2, 0) is 6.61 Å². The predicted octanol–water partition coefficient (Wildman–Crippen LogP) is 2.91. The van der Waals surface area contributed by atoms with Crippen LogP contribution < -0.4 is 10.1 Å². The van der Waals surface area contributed by atoms with Gasteiger partial charge in [0.05, 0.1) is 0 Å². The second-order valence-electron chi connectivity index (χ2n) is 4.84. The van der Waals surface area contributed by atoms with Crippen molar-refractivity contribution in [3.05, 3.63) is 71.6 Å². The van der Waals surface area contributed by atoms with E-state index in [1.807, 2.05) is 0 Å². The van der Waals surface area contributed by atoms with E-state index in [1.165, 1.54) is 48.8 Å². The Hall–Kier alpha value is -3.29. The van der Waals surface area contributed by atoms with Gasteiger partial charge in [-0.25, -0.2) is 13.9 Å². The lowest BCUT2D eigenvalue weighted by atomic mass is 10.1. The van der Waals surface area contributed by atoms with Gasteiger partial charge < -0.3 is 4.74 Å². The van der Waals surface area contributed by atoms with Crippen molar-refractivity contribution in [2.24, 2.45) is 0 Å². The number of hydrogen-bond acceptors (Lipinski definition) is 4. The van der Waals surface area contributed by atoms with Gasteiger partial charge in [0.15, 0.2) is 0 Å². The molecule has 0 aliphatic heterocycles. The normalized spacial score (nSPS) is 10.4. The third kappa shape index (κ3) is 3.72. The maximum atomic E-state index is 13.9. The fourth-order valence-electron chi connectivity index (χ4n) is 1.96. The fraction of sp³-hybridized carbons (Fsp3) is 0.0625. The van der Waals surface area contributed by atoms with Gasteiger partial charge in [-0.3, -0.25) is 10.1 Å². The minimum atomic E-state index is -0.506. The number of benzene rings is 2. The van der Waals surface area contributed by atoms with E-state index in [-0.39, 0.29) is 29.5 Å². The molecule has 24 heavy (non-hydrogen) atoms. The number of H-pyrrole nitrogens is 1. The van der Waals surface area contributed by atoms with E-state index in [2.05, 4.69) is 20.5 Å². The Balaban J connectivity index is 1.71. The van der Waals surface area contributed by atoms with Crippen LogP contribution in [0.4, 0.5) is 14.7 Å². The summed E-state index contributed by atoms with van der Waals surface area (Å²) in [6, 6.07) is 9.27. The lowest BCUT2D eigenvalue weighted by molar-refractivity contribution is 0.102. The van der Waals surface area contributed by atoms with Gasteiger partial charge in [0.1, 0.15) is 30.3 Å². The quantitative estimate of drug-likeness (QED) is 0.754. The highest BCUT2D eigenvalue weighted by molar-refractivity contribution is 6.03. The minimum Gasteiger partial charge on any atom is -0.489 e. The van der Waals surface area contributed by atoms with Gasteiger partial charge in [0.2, 0.25) is 5.95 Å². The molecular weight excluding hydrogens is 318 g/mol. The number of carbonyl (C=O) groups is 1. The Labute approximate surface area is 135 Å². The Morgan fingerprint density at radius 1 is 1.17 bits per heavy atom. The molecule has 0 bridgehead atoms. The smallest absolute Gasteiger partial charge is 0.258 e. The average molecular weight is 330 g/mol. The molecule has 1 aromatic heterocycles. The van der Waals surface area contributed by atoms with Crippen molar-refractivity contribution in [3.8, 4) is 5.75 Å². The molecule has 0 radical (unpaired) electrons. The van der Waals surface area contributed by atoms with Crippen LogP contribution in [0.1, 0.15) is 15.9 Å². The highest BCUT2D eigenvalue weighted by Gasteiger charge is 2.12. The number of aromatic amines is 1. The zero-order valence-electron chi connectivity index (χ0n) is 12.3. The van der Waals surface area contributed by atoms with E-state index in [9.17, 15) is 13.6 Å². The molecule has 6 nitrogen and oxygen atoms in total. The number of hydrogen-bond donors (Lipinski definition) is 2. The Bertz CT molecular complexity index is 836. The third-order valence-electron chi connectivity index (χ3n) is 3.16. The molecule has 0 saturated heterocycles. The topological polar surface area (TPSA) is 79.9 Å². The summed E-state index contributed by atoms with van der Waals surface area (Å²) >= 11 is 0. The van der Waals surface area contributed by atoms with Gasteiger partial charge in [-0.1, -0.05) is 0 Å². The maximum Gasteiger partial charge on any atom is 0.258 e. The molecule has 2 aromatic carbocycles. The van der Waals surface area contributed by atoms with Crippen molar-refractivity contribution in [3.63, 3.8) is 0 Å². The first-order valence-electron chi connectivity index (χ1n) is 6.95. The summed E-state index contributed by atoms with van der Waals surface area (Å²) in [5, 5.41) is 8.60. The average Bonchev–Trinajstić information content (AvgIpc) is 3.08. The number of ether oxygens (including phenoxy) is 1. The van der Waals surface area contributed by atoms with Crippen molar-refractivity contribution in [1.82, 2.24) is 15.2 Å². The molecule has 122 valence electrons. The second-order valence-corrected chi connectivity index (χ2v) is 4.84. The highest BCUT2D eigenvalue weighted by Crippen LogP contribution is 2.17. The first-order chi connectivity index (χ1) is 11.6. The number of rotatable bonds is 5. The standard InChI is InChI=1S/C16H12F2N4O2/c17-12-2-4-13(5-3-12)24-8-11-7-10(1-6-14(11)18)15(23)21-16-19-9-20-22-16/h1-7,9H,8H2,(H2,19,20,21,22,23). The zero-order chi connectivity index (χ0) is 16.9. The molecule has 0 aliphatic carbocycles. The van der Waals surface area contributed by atoms with E-state index < -0.39 is 11.7 Å². The number of carbonyl (C=O) groups excluding carboxylic acids is 1. The van der Waals surface area contributed by atoms with Gasteiger partial charge >= 0.3 is 0 Å². The third-order valence-corrected chi connectivity index (χ3v) is 3.16. The van der Waals surface area contributed by atoms with E-state index >= 15 is 0 Å². The Kier molecular flexibility index (Phi) is 4.46. The molecule has 2 N–H and O–H groups in total. The minimum absolute atomic E-state index is 0.0963. The molecule has 3 rings (SSSR count). The summed E-state index contributed by atoms with van der Waals surface area (Å²) in [4.78, 5) is 15.9. The van der Waals surface area contributed by atoms with Crippen LogP contribution in [0.15, 0.2) is 48.8 Å². The SMILES string of the molecule is O=C(Nc1ncn[nH]1)c1ccc(F)c(COc2ccc(F)cc2)c1. The summed E-state index contributed by atoms with van der Waals surface area (Å²) in [7, 11) is 0. The summed E-state index contributed by atoms with van der Waals surface area (Å²) < 4.78 is 32.1. The summed E-state index contributed by atoms with van der Waals surface area (Å²) in [6.07, 6.45) is 1.25. The molecule has 8 heteroatoms. The summed E-state index contributed by atoms with van der Waals surface area (Å²) in [6.45, 7) is -0.0963. The number of amides is 1. The molecule has 0 spiro atoms. The number of nitrogens with one attached hydrogen (secondary N) is 2. The monoisotopic (exact) mass is 330 g/mol. The zero-order valence-corrected chi connectivity index (χ0v) is 12.3. The van der Waals surface area contributed by atoms with E-state index in [1.54, 1.807) is 0 Å². The van der Waals surface area contributed by atoms with Gasteiger partial charge in [0, 0.05) is 11.1 Å². The first-order valence-corrected chi connectivity index (χ1v) is 6.95. The number of nitrogens with zero attached hydrogens (tertiary/aromatic N) is 2. The van der Waals surface area contributed by atoms with Crippen LogP contribution >= 0.6 is 0 Å². The Morgan fingerprint density at radius 2 is 1.96 bits per heavy atom. The van der Waals surface area contributed by atoms with Crippen molar-refractivity contribution < 1.29 is 18.3 Å². The van der Waals surface area contributed by atoms with Gasteiger partial charge in [0.25, 0.3) is 5.91 Å².